The average molecular weight is 360 g/mol. The molecule has 1 unspecified atom stereocenters. The maximum absolute atomic E-state index is 11.7. The van der Waals surface area contributed by atoms with E-state index in [1.54, 1.807) is 0 Å². The number of aliphatic carboxylic acids is 1. The highest BCUT2D eigenvalue weighted by atomic mass is 16.4. The van der Waals surface area contributed by atoms with E-state index in [0.717, 1.165) is 19.3 Å². The fraction of sp³-hybridized carbons (Fsp3) is 0.889. The van der Waals surface area contributed by atoms with E-state index < -0.39 is 18.8 Å². The van der Waals surface area contributed by atoms with Gasteiger partial charge in [-0.2, -0.15) is 0 Å². The minimum Gasteiger partial charge on any atom is -0.480 e. The van der Waals surface area contributed by atoms with Crippen molar-refractivity contribution in [3.05, 3.63) is 0 Å². The quantitative estimate of drug-likeness (QED) is 0.232. The van der Waals surface area contributed by atoms with Gasteiger partial charge in [0.2, 0.25) is 5.91 Å². The van der Waals surface area contributed by atoms with Crippen molar-refractivity contribution in [3.63, 3.8) is 0 Å². The second-order valence-electron chi connectivity index (χ2n) is 6.46. The van der Waals surface area contributed by atoms with Crippen molar-refractivity contribution in [2.45, 2.75) is 77.4 Å². The van der Waals surface area contributed by atoms with Gasteiger partial charge in [0.05, 0.1) is 13.2 Å². The van der Waals surface area contributed by atoms with Crippen LogP contribution in [0.4, 0.5) is 0 Å². The molecule has 0 bridgehead atoms. The smallest absolute Gasteiger partial charge is 0.317 e. The predicted molar refractivity (Wildman–Crippen MR) is 97.2 cm³/mol. The first kappa shape index (κ1) is 23.8. The molecule has 1 atom stereocenters. The molecule has 7 nitrogen and oxygen atoms in total. The molecule has 148 valence electrons. The Balaban J connectivity index is 3.63. The Bertz CT molecular complexity index is 352. The summed E-state index contributed by atoms with van der Waals surface area (Å²) in [6, 6.07) is 0. The van der Waals surface area contributed by atoms with Gasteiger partial charge in [-0.1, -0.05) is 58.3 Å². The van der Waals surface area contributed by atoms with E-state index in [1.807, 2.05) is 0 Å². The highest BCUT2D eigenvalue weighted by Gasteiger charge is 2.17. The fourth-order valence-corrected chi connectivity index (χ4v) is 2.65. The molecule has 1 amide bonds. The van der Waals surface area contributed by atoms with Gasteiger partial charge in [0.25, 0.3) is 0 Å². The fourth-order valence-electron chi connectivity index (χ4n) is 2.65. The first-order chi connectivity index (χ1) is 12.0. The lowest BCUT2D eigenvalue weighted by Crippen LogP contribution is -2.45. The van der Waals surface area contributed by atoms with Crippen molar-refractivity contribution in [1.82, 2.24) is 10.2 Å². The van der Waals surface area contributed by atoms with Gasteiger partial charge in [-0.3, -0.25) is 14.5 Å². The van der Waals surface area contributed by atoms with Crippen LogP contribution in [0, 0.1) is 0 Å². The third-order valence-electron chi connectivity index (χ3n) is 4.15. The number of carbonyl (C=O) groups excluding carboxylic acids is 1. The van der Waals surface area contributed by atoms with Crippen LogP contribution < -0.4 is 5.32 Å². The molecular weight excluding hydrogens is 324 g/mol. The third kappa shape index (κ3) is 14.8. The van der Waals surface area contributed by atoms with Gasteiger partial charge in [0, 0.05) is 19.5 Å². The lowest BCUT2D eigenvalue weighted by molar-refractivity contribution is -0.142. The summed E-state index contributed by atoms with van der Waals surface area (Å²) in [5.74, 6) is -1.15. The molecule has 0 aromatic carbocycles. The summed E-state index contributed by atoms with van der Waals surface area (Å²) < 4.78 is 0. The molecule has 0 saturated heterocycles. The molecule has 0 heterocycles. The SMILES string of the molecule is CCCCCCCCCCCC(=O)NCCN(CC(=O)O)C(O)CO. The van der Waals surface area contributed by atoms with Crippen LogP contribution in [-0.4, -0.2) is 64.6 Å². The summed E-state index contributed by atoms with van der Waals surface area (Å²) in [4.78, 5) is 23.7. The summed E-state index contributed by atoms with van der Waals surface area (Å²) in [5, 5.41) is 29.9. The van der Waals surface area contributed by atoms with Crippen LogP contribution >= 0.6 is 0 Å². The third-order valence-corrected chi connectivity index (χ3v) is 4.15. The Morgan fingerprint density at radius 3 is 2.08 bits per heavy atom. The van der Waals surface area contributed by atoms with Crippen LogP contribution in [0.3, 0.4) is 0 Å². The Morgan fingerprint density at radius 2 is 1.56 bits per heavy atom. The molecule has 25 heavy (non-hydrogen) atoms. The molecule has 0 fully saturated rings. The zero-order valence-corrected chi connectivity index (χ0v) is 15.6. The van der Waals surface area contributed by atoms with Gasteiger partial charge in [-0.05, 0) is 6.42 Å². The highest BCUT2D eigenvalue weighted by Crippen LogP contribution is 2.10. The van der Waals surface area contributed by atoms with E-state index in [1.165, 1.54) is 43.4 Å². The topological polar surface area (TPSA) is 110 Å². The standard InChI is InChI=1S/C18H36N2O5/c1-2-3-4-5-6-7-8-9-10-11-16(22)19-12-13-20(14-18(24)25)17(23)15-21/h17,21,23H,2-15H2,1H3,(H,19,22)(H,24,25). The van der Waals surface area contributed by atoms with Gasteiger partial charge in [0.1, 0.15) is 6.23 Å². The number of rotatable bonds is 17. The molecule has 0 aromatic rings. The molecule has 0 aromatic heterocycles. The van der Waals surface area contributed by atoms with Crippen LogP contribution in [0.1, 0.15) is 71.1 Å². The zero-order valence-electron chi connectivity index (χ0n) is 15.6. The molecule has 0 aliphatic heterocycles. The van der Waals surface area contributed by atoms with Crippen molar-refractivity contribution < 1.29 is 24.9 Å². The van der Waals surface area contributed by atoms with Crippen LogP contribution in [-0.2, 0) is 9.59 Å². The van der Waals surface area contributed by atoms with Gasteiger partial charge in [-0.15, -0.1) is 0 Å². The number of nitrogens with zero attached hydrogens (tertiary/aromatic N) is 1. The number of nitrogens with one attached hydrogen (secondary N) is 1. The van der Waals surface area contributed by atoms with E-state index in [4.69, 9.17) is 10.2 Å². The minimum absolute atomic E-state index is 0.0586. The Morgan fingerprint density at radius 1 is 1.00 bits per heavy atom. The molecule has 0 aliphatic carbocycles. The van der Waals surface area contributed by atoms with Gasteiger partial charge >= 0.3 is 5.97 Å². The number of carboxylic acid groups (broad SMARTS) is 1. The molecule has 0 aliphatic rings. The first-order valence-electron chi connectivity index (χ1n) is 9.52. The zero-order chi connectivity index (χ0) is 18.9. The van der Waals surface area contributed by atoms with E-state index in [0.29, 0.717) is 6.42 Å². The molecule has 7 heteroatoms. The number of aliphatic hydroxyl groups excluding tert-OH is 2. The van der Waals surface area contributed by atoms with Crippen molar-refractivity contribution >= 4 is 11.9 Å². The number of unbranched alkanes of at least 4 members (excludes halogenated alkanes) is 8. The number of amides is 1. The number of hydrogen-bond acceptors (Lipinski definition) is 5. The maximum Gasteiger partial charge on any atom is 0.317 e. The summed E-state index contributed by atoms with van der Waals surface area (Å²) in [6.07, 6.45) is 10.0. The molecule has 0 radical (unpaired) electrons. The second-order valence-corrected chi connectivity index (χ2v) is 6.46. The molecule has 4 N–H and O–H groups in total. The summed E-state index contributed by atoms with van der Waals surface area (Å²) in [7, 11) is 0. The van der Waals surface area contributed by atoms with Crippen LogP contribution in [0.25, 0.3) is 0 Å². The molecule has 0 rings (SSSR count). The molecule has 0 spiro atoms. The lowest BCUT2D eigenvalue weighted by Gasteiger charge is -2.24. The van der Waals surface area contributed by atoms with Gasteiger partial charge < -0.3 is 20.6 Å². The first-order valence-corrected chi connectivity index (χ1v) is 9.52. The van der Waals surface area contributed by atoms with E-state index >= 15 is 0 Å². The van der Waals surface area contributed by atoms with E-state index in [9.17, 15) is 14.7 Å². The van der Waals surface area contributed by atoms with Crippen molar-refractivity contribution in [2.24, 2.45) is 0 Å². The van der Waals surface area contributed by atoms with Crippen molar-refractivity contribution in [1.29, 1.82) is 0 Å². The van der Waals surface area contributed by atoms with E-state index in [-0.39, 0.29) is 25.5 Å². The largest absolute Gasteiger partial charge is 0.480 e. The average Bonchev–Trinajstić information content (AvgIpc) is 2.58. The van der Waals surface area contributed by atoms with Crippen LogP contribution in [0.15, 0.2) is 0 Å². The van der Waals surface area contributed by atoms with Crippen LogP contribution in [0.2, 0.25) is 0 Å². The number of aliphatic hydroxyl groups is 2. The number of hydrogen-bond donors (Lipinski definition) is 4. The summed E-state index contributed by atoms with van der Waals surface area (Å²) >= 11 is 0. The minimum atomic E-state index is -1.23. The highest BCUT2D eigenvalue weighted by molar-refractivity contribution is 5.75. The number of carbonyl (C=O) groups is 2. The van der Waals surface area contributed by atoms with Gasteiger partial charge in [0.15, 0.2) is 0 Å². The van der Waals surface area contributed by atoms with Crippen molar-refractivity contribution in [2.75, 3.05) is 26.2 Å². The number of carboxylic acids is 1. The summed E-state index contributed by atoms with van der Waals surface area (Å²) in [6.45, 7) is 1.72. The lowest BCUT2D eigenvalue weighted by atomic mass is 10.1. The molecular formula is C18H36N2O5. The second kappa shape index (κ2) is 16.3. The predicted octanol–water partition coefficient (Wildman–Crippen LogP) is 1.72. The van der Waals surface area contributed by atoms with Gasteiger partial charge in [-0.25, -0.2) is 0 Å². The van der Waals surface area contributed by atoms with E-state index in [2.05, 4.69) is 12.2 Å². The van der Waals surface area contributed by atoms with Crippen LogP contribution in [0.5, 0.6) is 0 Å². The Kier molecular flexibility index (Phi) is 15.5. The van der Waals surface area contributed by atoms with Crippen molar-refractivity contribution in [3.8, 4) is 0 Å². The monoisotopic (exact) mass is 360 g/mol. The summed E-state index contributed by atoms with van der Waals surface area (Å²) in [5.41, 5.74) is 0. The normalized spacial score (nSPS) is 12.3. The Hall–Kier alpha value is -1.18. The molecule has 0 saturated carbocycles. The Labute approximate surface area is 151 Å². The maximum atomic E-state index is 11.7.